The van der Waals surface area contributed by atoms with Crippen molar-refractivity contribution in [1.82, 2.24) is 15.0 Å². The largest absolute Gasteiger partial charge is 0.212 e. The van der Waals surface area contributed by atoms with Gasteiger partial charge in [0.25, 0.3) is 0 Å². The Morgan fingerprint density at radius 2 is 1.14 bits per heavy atom. The Bertz CT molecular complexity index is 1600. The summed E-state index contributed by atoms with van der Waals surface area (Å²) in [5.74, 6) is 2.26. The molecule has 0 saturated carbocycles. The third kappa shape index (κ3) is 3.37. The molecule has 1 aliphatic carbocycles. The third-order valence-electron chi connectivity index (χ3n) is 7.19. The van der Waals surface area contributed by atoms with Crippen LogP contribution in [0.1, 0.15) is 51.6 Å². The first-order valence-corrected chi connectivity index (χ1v) is 12.2. The van der Waals surface area contributed by atoms with Gasteiger partial charge in [0.05, 0.1) is 0 Å². The van der Waals surface area contributed by atoms with Crippen LogP contribution in [-0.2, 0) is 10.8 Å². The molecule has 5 aromatic rings. The van der Waals surface area contributed by atoms with Gasteiger partial charge in [0.1, 0.15) is 5.82 Å². The lowest BCUT2D eigenvalue weighted by atomic mass is 9.82. The van der Waals surface area contributed by atoms with Crippen LogP contribution in [0.4, 0.5) is 0 Å². The molecule has 0 aliphatic heterocycles. The molecule has 0 unspecified atom stereocenters. The quantitative estimate of drug-likeness (QED) is 0.271. The lowest BCUT2D eigenvalue weighted by molar-refractivity contribution is 0.543. The van der Waals surface area contributed by atoms with Crippen molar-refractivity contribution < 1.29 is 0 Å². The molecule has 1 aliphatic rings. The van der Waals surface area contributed by atoms with Crippen molar-refractivity contribution in [3.63, 3.8) is 0 Å². The second kappa shape index (κ2) is 7.58. The van der Waals surface area contributed by atoms with Gasteiger partial charge in [-0.15, -0.1) is 0 Å². The zero-order valence-electron chi connectivity index (χ0n) is 20.9. The Hall–Kier alpha value is -3.85. The second-order valence-electron chi connectivity index (χ2n) is 11.0. The molecule has 35 heavy (non-hydrogen) atoms. The molecule has 6 rings (SSSR count). The number of benzene rings is 4. The van der Waals surface area contributed by atoms with E-state index in [2.05, 4.69) is 120 Å². The smallest absolute Gasteiger partial charge is 0.164 e. The van der Waals surface area contributed by atoms with Gasteiger partial charge in [-0.2, -0.15) is 0 Å². The molecule has 0 saturated heterocycles. The summed E-state index contributed by atoms with van der Waals surface area (Å²) in [6.07, 6.45) is 0. The Kier molecular flexibility index (Phi) is 4.69. The second-order valence-corrected chi connectivity index (χ2v) is 11.0. The lowest BCUT2D eigenvalue weighted by Gasteiger charge is -2.22. The number of aromatic nitrogens is 3. The maximum atomic E-state index is 5.11. The number of hydrogen-bond donors (Lipinski definition) is 0. The number of hydrogen-bond acceptors (Lipinski definition) is 3. The van der Waals surface area contributed by atoms with Crippen LogP contribution in [0.2, 0.25) is 0 Å². The number of nitrogens with zero attached hydrogens (tertiary/aromatic N) is 3. The molecular formula is C32H29N3. The van der Waals surface area contributed by atoms with Gasteiger partial charge in [-0.1, -0.05) is 120 Å². The monoisotopic (exact) mass is 455 g/mol. The standard InChI is InChI=1S/C32H29N3/c1-31(2,3)30-34-28(22-16-10-13-20-12-6-7-14-21(20)22)33-29(35-30)24-17-11-19-26-27(24)23-15-8-9-18-25(23)32(26,4)5/h6-19H,1-5H3. The van der Waals surface area contributed by atoms with Gasteiger partial charge < -0.3 is 0 Å². The molecule has 1 aromatic heterocycles. The highest BCUT2D eigenvalue weighted by atomic mass is 15.0. The van der Waals surface area contributed by atoms with Crippen LogP contribution in [0.5, 0.6) is 0 Å². The predicted octanol–water partition coefficient (Wildman–Crippen LogP) is 7.96. The Balaban J connectivity index is 1.65. The minimum absolute atomic E-state index is 0.0692. The molecule has 0 radical (unpaired) electrons. The highest BCUT2D eigenvalue weighted by Gasteiger charge is 2.37. The first-order valence-electron chi connectivity index (χ1n) is 12.2. The maximum Gasteiger partial charge on any atom is 0.164 e. The Labute approximate surface area is 206 Å². The molecule has 3 nitrogen and oxygen atoms in total. The summed E-state index contributed by atoms with van der Waals surface area (Å²) in [5, 5.41) is 2.33. The van der Waals surface area contributed by atoms with E-state index in [4.69, 9.17) is 15.0 Å². The topological polar surface area (TPSA) is 38.7 Å². The van der Waals surface area contributed by atoms with Crippen molar-refractivity contribution >= 4 is 10.8 Å². The van der Waals surface area contributed by atoms with E-state index >= 15 is 0 Å². The molecule has 4 aromatic carbocycles. The zero-order valence-corrected chi connectivity index (χ0v) is 20.9. The summed E-state index contributed by atoms with van der Waals surface area (Å²) in [5.41, 5.74) is 6.99. The van der Waals surface area contributed by atoms with Gasteiger partial charge >= 0.3 is 0 Å². The molecule has 0 N–H and O–H groups in total. The first-order chi connectivity index (χ1) is 16.7. The van der Waals surface area contributed by atoms with Crippen LogP contribution < -0.4 is 0 Å². The highest BCUT2D eigenvalue weighted by molar-refractivity contribution is 5.96. The number of fused-ring (bicyclic) bond motifs is 4. The average molecular weight is 456 g/mol. The van der Waals surface area contributed by atoms with Gasteiger partial charge in [-0.25, -0.2) is 15.0 Å². The average Bonchev–Trinajstić information content (AvgIpc) is 3.10. The van der Waals surface area contributed by atoms with Gasteiger partial charge in [-0.05, 0) is 33.0 Å². The van der Waals surface area contributed by atoms with E-state index in [0.717, 1.165) is 34.0 Å². The summed E-state index contributed by atoms with van der Waals surface area (Å²) < 4.78 is 0. The van der Waals surface area contributed by atoms with Gasteiger partial charge in [0.2, 0.25) is 0 Å². The predicted molar refractivity (Wildman–Crippen MR) is 144 cm³/mol. The van der Waals surface area contributed by atoms with E-state index in [0.29, 0.717) is 0 Å². The molecule has 3 heteroatoms. The van der Waals surface area contributed by atoms with Gasteiger partial charge in [0, 0.05) is 22.0 Å². The van der Waals surface area contributed by atoms with Crippen molar-refractivity contribution in [2.24, 2.45) is 0 Å². The van der Waals surface area contributed by atoms with Crippen LogP contribution in [-0.4, -0.2) is 15.0 Å². The maximum absolute atomic E-state index is 5.11. The minimum atomic E-state index is -0.216. The van der Waals surface area contributed by atoms with E-state index in [1.54, 1.807) is 0 Å². The molecule has 0 bridgehead atoms. The summed E-state index contributed by atoms with van der Waals surface area (Å²) in [7, 11) is 0. The van der Waals surface area contributed by atoms with E-state index in [1.807, 2.05) is 0 Å². The number of rotatable bonds is 2. The molecule has 0 fully saturated rings. The molecule has 0 atom stereocenters. The Morgan fingerprint density at radius 1 is 0.571 bits per heavy atom. The highest BCUT2D eigenvalue weighted by Crippen LogP contribution is 2.51. The van der Waals surface area contributed by atoms with Crippen molar-refractivity contribution in [3.8, 4) is 33.9 Å². The van der Waals surface area contributed by atoms with Crippen molar-refractivity contribution in [1.29, 1.82) is 0 Å². The van der Waals surface area contributed by atoms with Gasteiger partial charge in [0.15, 0.2) is 11.6 Å². The first kappa shape index (κ1) is 21.7. The fourth-order valence-corrected chi connectivity index (χ4v) is 5.31. The summed E-state index contributed by atoms with van der Waals surface area (Å²) in [6, 6.07) is 30.0. The normalized spacial score (nSPS) is 14.1. The van der Waals surface area contributed by atoms with E-state index in [-0.39, 0.29) is 10.8 Å². The molecule has 0 amide bonds. The van der Waals surface area contributed by atoms with Crippen LogP contribution in [0, 0.1) is 0 Å². The lowest BCUT2D eigenvalue weighted by Crippen LogP contribution is -2.18. The summed E-state index contributed by atoms with van der Waals surface area (Å²) >= 11 is 0. The minimum Gasteiger partial charge on any atom is -0.212 e. The van der Waals surface area contributed by atoms with Crippen molar-refractivity contribution in [3.05, 3.63) is 102 Å². The van der Waals surface area contributed by atoms with Crippen LogP contribution in [0.25, 0.3) is 44.7 Å². The van der Waals surface area contributed by atoms with Crippen LogP contribution >= 0.6 is 0 Å². The summed E-state index contributed by atoms with van der Waals surface area (Å²) in [4.78, 5) is 15.2. The molecule has 1 heterocycles. The van der Waals surface area contributed by atoms with E-state index in [9.17, 15) is 0 Å². The third-order valence-corrected chi connectivity index (χ3v) is 7.19. The van der Waals surface area contributed by atoms with Gasteiger partial charge in [-0.3, -0.25) is 0 Å². The Morgan fingerprint density at radius 3 is 1.94 bits per heavy atom. The fourth-order valence-electron chi connectivity index (χ4n) is 5.31. The fraction of sp³-hybridized carbons (Fsp3) is 0.219. The molecule has 172 valence electrons. The zero-order chi connectivity index (χ0) is 24.4. The SMILES string of the molecule is CC(C)(C)c1nc(-c2cccc3c2-c2ccccc2C3(C)C)nc(-c2cccc3ccccc23)n1. The molecular weight excluding hydrogens is 426 g/mol. The van der Waals surface area contributed by atoms with E-state index < -0.39 is 0 Å². The molecule has 0 spiro atoms. The van der Waals surface area contributed by atoms with Crippen molar-refractivity contribution in [2.45, 2.75) is 45.4 Å². The van der Waals surface area contributed by atoms with Crippen LogP contribution in [0.3, 0.4) is 0 Å². The summed E-state index contributed by atoms with van der Waals surface area (Å²) in [6.45, 7) is 11.1. The van der Waals surface area contributed by atoms with E-state index in [1.165, 1.54) is 27.6 Å². The van der Waals surface area contributed by atoms with Crippen LogP contribution in [0.15, 0.2) is 84.9 Å². The van der Waals surface area contributed by atoms with Crippen molar-refractivity contribution in [2.75, 3.05) is 0 Å².